The summed E-state index contributed by atoms with van der Waals surface area (Å²) < 4.78 is 39.0. The molecule has 9 heteroatoms. The average molecular weight is 466 g/mol. The van der Waals surface area contributed by atoms with E-state index in [0.29, 0.717) is 24.8 Å². The molecule has 0 aromatic heterocycles. The Balaban J connectivity index is 1.56. The number of para-hydroxylation sites is 1. The van der Waals surface area contributed by atoms with Crippen molar-refractivity contribution in [2.45, 2.75) is 34.9 Å². The topological polar surface area (TPSA) is 55.8 Å². The Morgan fingerprint density at radius 3 is 2.69 bits per heavy atom. The van der Waals surface area contributed by atoms with E-state index in [1.165, 1.54) is 23.9 Å². The van der Waals surface area contributed by atoms with Crippen LogP contribution >= 0.6 is 11.8 Å². The van der Waals surface area contributed by atoms with Crippen molar-refractivity contribution >= 4 is 28.9 Å². The van der Waals surface area contributed by atoms with E-state index in [2.05, 4.69) is 10.2 Å². The quantitative estimate of drug-likeness (QED) is 0.601. The Morgan fingerprint density at radius 1 is 1.12 bits per heavy atom. The van der Waals surface area contributed by atoms with E-state index in [1.54, 1.807) is 6.07 Å². The van der Waals surface area contributed by atoms with Crippen molar-refractivity contribution in [1.29, 1.82) is 0 Å². The molecule has 0 radical (unpaired) electrons. The Kier molecular flexibility index (Phi) is 7.09. The second-order valence-corrected chi connectivity index (χ2v) is 9.07. The molecule has 2 N–H and O–H groups in total. The van der Waals surface area contributed by atoms with Crippen LogP contribution in [0.1, 0.15) is 23.2 Å². The molecule has 2 aliphatic rings. The number of aliphatic hydroxyl groups excluding tert-OH is 1. The number of nitrogens with zero attached hydrogens (tertiary/aromatic N) is 2. The van der Waals surface area contributed by atoms with Gasteiger partial charge in [-0.05, 0) is 43.2 Å². The number of benzene rings is 2. The molecule has 0 amide bonds. The molecule has 0 saturated carbocycles. The molecular formula is C23H26F3N3O2S. The van der Waals surface area contributed by atoms with Crippen LogP contribution < -0.4 is 10.2 Å². The first-order chi connectivity index (χ1) is 15.4. The van der Waals surface area contributed by atoms with E-state index in [-0.39, 0.29) is 12.2 Å². The van der Waals surface area contributed by atoms with Gasteiger partial charge in [-0.3, -0.25) is 9.69 Å². The van der Waals surface area contributed by atoms with Crippen LogP contribution in [0, 0.1) is 0 Å². The van der Waals surface area contributed by atoms with Crippen LogP contribution in [0.25, 0.3) is 0 Å². The average Bonchev–Trinajstić information content (AvgIpc) is 2.78. The number of hydrogen-bond donors (Lipinski definition) is 2. The molecule has 32 heavy (non-hydrogen) atoms. The van der Waals surface area contributed by atoms with Crippen LogP contribution in [0.15, 0.2) is 52.3 Å². The minimum atomic E-state index is -4.90. The highest BCUT2D eigenvalue weighted by Crippen LogP contribution is 2.48. The second kappa shape index (κ2) is 9.82. The van der Waals surface area contributed by atoms with Gasteiger partial charge < -0.3 is 15.3 Å². The highest BCUT2D eigenvalue weighted by molar-refractivity contribution is 7.99. The molecule has 2 aliphatic heterocycles. The maximum Gasteiger partial charge on any atom is 0.454 e. The van der Waals surface area contributed by atoms with Crippen LogP contribution in [0.5, 0.6) is 0 Å². The molecule has 1 atom stereocenters. The second-order valence-electron chi connectivity index (χ2n) is 7.99. The highest BCUT2D eigenvalue weighted by Gasteiger charge is 2.40. The summed E-state index contributed by atoms with van der Waals surface area (Å²) in [6, 6.07) is 12.4. The fraction of sp³-hybridized carbons (Fsp3) is 0.435. The van der Waals surface area contributed by atoms with Gasteiger partial charge in [-0.15, -0.1) is 0 Å². The number of carbonyl (C=O) groups is 1. The molecule has 2 heterocycles. The summed E-state index contributed by atoms with van der Waals surface area (Å²) in [5.41, 5.74) is 1.24. The fourth-order valence-corrected chi connectivity index (χ4v) is 5.45. The van der Waals surface area contributed by atoms with E-state index in [9.17, 15) is 23.1 Å². The van der Waals surface area contributed by atoms with E-state index in [0.717, 1.165) is 48.0 Å². The lowest BCUT2D eigenvalue weighted by atomic mass is 10.1. The van der Waals surface area contributed by atoms with Crippen molar-refractivity contribution in [2.24, 2.45) is 0 Å². The van der Waals surface area contributed by atoms with Gasteiger partial charge in [0, 0.05) is 54.1 Å². The van der Waals surface area contributed by atoms with Gasteiger partial charge in [0.1, 0.15) is 0 Å². The first-order valence-corrected chi connectivity index (χ1v) is 11.6. The van der Waals surface area contributed by atoms with Crippen LogP contribution in [0.3, 0.4) is 0 Å². The van der Waals surface area contributed by atoms with Crippen LogP contribution in [0.2, 0.25) is 0 Å². The molecule has 0 aliphatic carbocycles. The minimum absolute atomic E-state index is 0.122. The number of rotatable bonds is 7. The van der Waals surface area contributed by atoms with E-state index in [1.807, 2.05) is 29.2 Å². The normalized spacial score (nSPS) is 18.9. The molecule has 2 aromatic carbocycles. The zero-order chi connectivity index (χ0) is 22.7. The van der Waals surface area contributed by atoms with Gasteiger partial charge in [0.25, 0.3) is 5.78 Å². The number of Topliss-reactive ketones (excluding diaryl/α,β-unsaturated/α-hetero) is 1. The van der Waals surface area contributed by atoms with Crippen molar-refractivity contribution in [3.05, 3.63) is 48.0 Å². The summed E-state index contributed by atoms with van der Waals surface area (Å²) in [6.45, 7) is 4.03. The summed E-state index contributed by atoms with van der Waals surface area (Å²) >= 11 is 1.50. The van der Waals surface area contributed by atoms with Crippen molar-refractivity contribution in [1.82, 2.24) is 10.2 Å². The number of halogens is 3. The SMILES string of the molecule is O=C(c1ccc2c(c1)N(CCCC1CNCCN1CCO)c1ccccc1S2)C(F)(F)F. The van der Waals surface area contributed by atoms with Gasteiger partial charge in [0.2, 0.25) is 0 Å². The van der Waals surface area contributed by atoms with Crippen LogP contribution in [0.4, 0.5) is 24.5 Å². The third-order valence-electron chi connectivity index (χ3n) is 5.92. The van der Waals surface area contributed by atoms with Crippen LogP contribution in [-0.4, -0.2) is 67.3 Å². The van der Waals surface area contributed by atoms with Crippen molar-refractivity contribution < 1.29 is 23.1 Å². The van der Waals surface area contributed by atoms with Gasteiger partial charge in [-0.25, -0.2) is 0 Å². The third kappa shape index (κ3) is 4.96. The number of anilines is 2. The summed E-state index contributed by atoms with van der Waals surface area (Å²) in [5.74, 6) is -1.82. The number of carbonyl (C=O) groups excluding carboxylic acids is 1. The third-order valence-corrected chi connectivity index (χ3v) is 7.05. The predicted octanol–water partition coefficient (Wildman–Crippen LogP) is 4.08. The summed E-state index contributed by atoms with van der Waals surface area (Å²) in [6.07, 6.45) is -3.18. The van der Waals surface area contributed by atoms with Crippen molar-refractivity contribution in [2.75, 3.05) is 44.2 Å². The number of nitrogens with one attached hydrogen (secondary N) is 1. The first kappa shape index (κ1) is 23.1. The number of aliphatic hydroxyl groups is 1. The van der Waals surface area contributed by atoms with Crippen LogP contribution in [-0.2, 0) is 0 Å². The van der Waals surface area contributed by atoms with Crippen molar-refractivity contribution in [3.63, 3.8) is 0 Å². The summed E-state index contributed by atoms with van der Waals surface area (Å²) in [4.78, 5) is 18.0. The van der Waals surface area contributed by atoms with Gasteiger partial charge in [-0.2, -0.15) is 13.2 Å². The number of hydrogen-bond acceptors (Lipinski definition) is 6. The number of β-amino-alcohol motifs (C(OH)–C–C–N with tert-alkyl or cyclic N) is 1. The Labute approximate surface area is 189 Å². The standard InChI is InChI=1S/C23H26F3N3O2S/c24-23(25,26)22(31)16-7-8-21-19(14-16)29(18-5-1-2-6-20(18)32-21)10-3-4-17-15-27-9-11-28(17)12-13-30/h1-2,5-8,14,17,27,30H,3-4,9-13,15H2. The lowest BCUT2D eigenvalue weighted by Crippen LogP contribution is -2.52. The molecule has 2 aromatic rings. The van der Waals surface area contributed by atoms with E-state index >= 15 is 0 Å². The molecular weight excluding hydrogens is 439 g/mol. The van der Waals surface area contributed by atoms with Gasteiger partial charge in [0.05, 0.1) is 18.0 Å². The Morgan fingerprint density at radius 2 is 1.91 bits per heavy atom. The van der Waals surface area contributed by atoms with E-state index in [4.69, 9.17) is 0 Å². The molecule has 0 bridgehead atoms. The Bertz CT molecular complexity index is 968. The number of ketones is 1. The lowest BCUT2D eigenvalue weighted by molar-refractivity contribution is -0.0885. The molecule has 0 spiro atoms. The summed E-state index contributed by atoms with van der Waals surface area (Å²) in [7, 11) is 0. The smallest absolute Gasteiger partial charge is 0.395 e. The van der Waals surface area contributed by atoms with E-state index < -0.39 is 12.0 Å². The van der Waals surface area contributed by atoms with Gasteiger partial charge in [0.15, 0.2) is 0 Å². The first-order valence-electron chi connectivity index (χ1n) is 10.7. The predicted molar refractivity (Wildman–Crippen MR) is 119 cm³/mol. The molecule has 1 saturated heterocycles. The highest BCUT2D eigenvalue weighted by atomic mass is 32.2. The largest absolute Gasteiger partial charge is 0.454 e. The fourth-order valence-electron chi connectivity index (χ4n) is 4.37. The Hall–Kier alpha value is -2.07. The molecule has 172 valence electrons. The lowest BCUT2D eigenvalue weighted by Gasteiger charge is -2.37. The number of alkyl halides is 3. The maximum atomic E-state index is 13.0. The van der Waals surface area contributed by atoms with Gasteiger partial charge >= 0.3 is 6.18 Å². The molecule has 4 rings (SSSR count). The number of piperazine rings is 1. The zero-order valence-electron chi connectivity index (χ0n) is 17.6. The molecule has 5 nitrogen and oxygen atoms in total. The van der Waals surface area contributed by atoms with Crippen molar-refractivity contribution in [3.8, 4) is 0 Å². The maximum absolute atomic E-state index is 13.0. The summed E-state index contributed by atoms with van der Waals surface area (Å²) in [5, 5.41) is 12.7. The number of fused-ring (bicyclic) bond motifs is 2. The molecule has 1 fully saturated rings. The monoisotopic (exact) mass is 465 g/mol. The van der Waals surface area contributed by atoms with Gasteiger partial charge in [-0.1, -0.05) is 23.9 Å². The zero-order valence-corrected chi connectivity index (χ0v) is 18.4. The minimum Gasteiger partial charge on any atom is -0.395 e. The molecule has 1 unspecified atom stereocenters.